The molecule has 25 heavy (non-hydrogen) atoms. The van der Waals surface area contributed by atoms with E-state index in [0.717, 1.165) is 43.5 Å². The first kappa shape index (κ1) is 25.2. The molecular formula is C22H47ClNO+. The van der Waals surface area contributed by atoms with Crippen molar-refractivity contribution >= 4 is 11.6 Å². The lowest BCUT2D eigenvalue weighted by atomic mass is 10.0. The number of likely N-dealkylation sites (N-methyl/N-ethyl adjacent to an activating group) is 1. The van der Waals surface area contributed by atoms with E-state index in [-0.39, 0.29) is 6.10 Å². The number of quaternary nitrogens is 1. The summed E-state index contributed by atoms with van der Waals surface area (Å²) in [4.78, 5) is 0. The molecule has 2 nitrogen and oxygen atoms in total. The summed E-state index contributed by atoms with van der Waals surface area (Å²) in [5, 5.41) is 10.1. The fourth-order valence-electron chi connectivity index (χ4n) is 3.86. The Labute approximate surface area is 163 Å². The van der Waals surface area contributed by atoms with Crippen molar-refractivity contribution < 1.29 is 9.59 Å². The van der Waals surface area contributed by atoms with Crippen LogP contribution in [0.25, 0.3) is 0 Å². The molecule has 0 aromatic rings. The fraction of sp³-hybridized carbons (Fsp3) is 1.00. The van der Waals surface area contributed by atoms with Crippen molar-refractivity contribution in [2.24, 2.45) is 0 Å². The molecule has 0 spiro atoms. The number of hydrogen-bond donors (Lipinski definition) is 1. The van der Waals surface area contributed by atoms with E-state index in [1.54, 1.807) is 0 Å². The molecule has 3 heteroatoms. The van der Waals surface area contributed by atoms with Crippen molar-refractivity contribution in [3.05, 3.63) is 0 Å². The minimum Gasteiger partial charge on any atom is -0.388 e. The van der Waals surface area contributed by atoms with Gasteiger partial charge >= 0.3 is 0 Å². The van der Waals surface area contributed by atoms with Gasteiger partial charge in [0.2, 0.25) is 0 Å². The summed E-state index contributed by atoms with van der Waals surface area (Å²) in [6.45, 7) is 12.8. The summed E-state index contributed by atoms with van der Waals surface area (Å²) in [6, 6.07) is 0. The zero-order valence-electron chi connectivity index (χ0n) is 17.7. The second kappa shape index (κ2) is 16.4. The van der Waals surface area contributed by atoms with Crippen molar-refractivity contribution in [2.75, 3.05) is 26.2 Å². The van der Waals surface area contributed by atoms with Crippen LogP contribution in [0.1, 0.15) is 105 Å². The number of rotatable bonds is 18. The standard InChI is InChI=1S/C22H47ClNO/c1-5-8-9-10-11-12-13-14-15-16-17-22(23)18-19-24(6-2,7-3)20-21(4)25/h21-22,25H,5-20H2,1-4H3/q+1. The van der Waals surface area contributed by atoms with Crippen molar-refractivity contribution in [2.45, 2.75) is 116 Å². The molecule has 2 atom stereocenters. The highest BCUT2D eigenvalue weighted by atomic mass is 35.5. The smallest absolute Gasteiger partial charge is 0.105 e. The molecule has 1 N–H and O–H groups in total. The number of aliphatic hydroxyl groups is 1. The molecular weight excluding hydrogens is 330 g/mol. The van der Waals surface area contributed by atoms with Crippen LogP contribution in [-0.4, -0.2) is 47.2 Å². The summed E-state index contributed by atoms with van der Waals surface area (Å²) in [5.74, 6) is 0. The maximum atomic E-state index is 9.77. The molecule has 152 valence electrons. The van der Waals surface area contributed by atoms with E-state index in [1.807, 2.05) is 6.92 Å². The van der Waals surface area contributed by atoms with Gasteiger partial charge in [0.1, 0.15) is 12.6 Å². The summed E-state index contributed by atoms with van der Waals surface area (Å²) < 4.78 is 0.999. The molecule has 0 bridgehead atoms. The average molecular weight is 377 g/mol. The second-order valence-corrected chi connectivity index (χ2v) is 8.70. The highest BCUT2D eigenvalue weighted by Gasteiger charge is 2.26. The highest BCUT2D eigenvalue weighted by molar-refractivity contribution is 6.20. The Bertz CT molecular complexity index is 279. The minimum absolute atomic E-state index is 0.226. The van der Waals surface area contributed by atoms with E-state index in [4.69, 9.17) is 11.6 Å². The second-order valence-electron chi connectivity index (χ2n) is 8.09. The molecule has 0 amide bonds. The Morgan fingerprint density at radius 3 is 1.68 bits per heavy atom. The monoisotopic (exact) mass is 376 g/mol. The van der Waals surface area contributed by atoms with Crippen LogP contribution in [0.4, 0.5) is 0 Å². The third-order valence-corrected chi connectivity index (χ3v) is 6.22. The van der Waals surface area contributed by atoms with Crippen LogP contribution in [0.2, 0.25) is 0 Å². The average Bonchev–Trinajstić information content (AvgIpc) is 2.60. The number of nitrogens with zero attached hydrogens (tertiary/aromatic N) is 1. The predicted molar refractivity (Wildman–Crippen MR) is 113 cm³/mol. The van der Waals surface area contributed by atoms with Gasteiger partial charge in [-0.3, -0.25) is 0 Å². The van der Waals surface area contributed by atoms with Crippen LogP contribution in [-0.2, 0) is 0 Å². The van der Waals surface area contributed by atoms with Gasteiger partial charge < -0.3 is 9.59 Å². The third-order valence-electron chi connectivity index (χ3n) is 5.78. The van der Waals surface area contributed by atoms with Gasteiger partial charge in [-0.05, 0) is 27.2 Å². The Morgan fingerprint density at radius 1 is 0.760 bits per heavy atom. The largest absolute Gasteiger partial charge is 0.388 e. The Morgan fingerprint density at radius 2 is 1.24 bits per heavy atom. The molecule has 2 unspecified atom stereocenters. The zero-order chi connectivity index (χ0) is 19.0. The van der Waals surface area contributed by atoms with Gasteiger partial charge in [-0.25, -0.2) is 0 Å². The Hall–Kier alpha value is 0.210. The van der Waals surface area contributed by atoms with Crippen LogP contribution < -0.4 is 0 Å². The topological polar surface area (TPSA) is 20.2 Å². The summed E-state index contributed by atoms with van der Waals surface area (Å²) in [7, 11) is 0. The van der Waals surface area contributed by atoms with Gasteiger partial charge in [0.05, 0.1) is 19.6 Å². The fourth-order valence-corrected chi connectivity index (χ4v) is 4.11. The lowest BCUT2D eigenvalue weighted by molar-refractivity contribution is -0.927. The Kier molecular flexibility index (Phi) is 16.5. The van der Waals surface area contributed by atoms with Gasteiger partial charge in [-0.1, -0.05) is 71.1 Å². The van der Waals surface area contributed by atoms with Crippen molar-refractivity contribution in [1.82, 2.24) is 0 Å². The van der Waals surface area contributed by atoms with Crippen LogP contribution in [0.5, 0.6) is 0 Å². The number of unbranched alkanes of at least 4 members (excludes halogenated alkanes) is 9. The van der Waals surface area contributed by atoms with Crippen LogP contribution in [0.15, 0.2) is 0 Å². The molecule has 0 rings (SSSR count). The van der Waals surface area contributed by atoms with E-state index in [1.165, 1.54) is 64.2 Å². The van der Waals surface area contributed by atoms with Gasteiger partial charge in [0.25, 0.3) is 0 Å². The SMILES string of the molecule is CCCCCCCCCCCCC(Cl)CC[N+](CC)(CC)CC(C)O. The summed E-state index contributed by atoms with van der Waals surface area (Å²) >= 11 is 6.58. The van der Waals surface area contributed by atoms with Crippen molar-refractivity contribution in [3.63, 3.8) is 0 Å². The molecule has 0 saturated carbocycles. The van der Waals surface area contributed by atoms with E-state index < -0.39 is 0 Å². The first-order valence-electron chi connectivity index (χ1n) is 11.2. The van der Waals surface area contributed by atoms with Crippen LogP contribution in [0.3, 0.4) is 0 Å². The van der Waals surface area contributed by atoms with E-state index in [2.05, 4.69) is 20.8 Å². The number of hydrogen-bond acceptors (Lipinski definition) is 1. The van der Waals surface area contributed by atoms with Crippen molar-refractivity contribution in [3.8, 4) is 0 Å². The molecule has 0 radical (unpaired) electrons. The lowest BCUT2D eigenvalue weighted by Crippen LogP contribution is -2.52. The molecule has 0 aromatic heterocycles. The van der Waals surface area contributed by atoms with E-state index in [9.17, 15) is 5.11 Å². The van der Waals surface area contributed by atoms with Crippen LogP contribution >= 0.6 is 11.6 Å². The highest BCUT2D eigenvalue weighted by Crippen LogP contribution is 2.18. The molecule has 0 saturated heterocycles. The van der Waals surface area contributed by atoms with Crippen molar-refractivity contribution in [1.29, 1.82) is 0 Å². The maximum Gasteiger partial charge on any atom is 0.105 e. The van der Waals surface area contributed by atoms with E-state index in [0.29, 0.717) is 5.38 Å². The molecule has 0 aromatic carbocycles. The Balaban J connectivity index is 3.67. The molecule has 0 aliphatic carbocycles. The lowest BCUT2D eigenvalue weighted by Gasteiger charge is -2.38. The quantitative estimate of drug-likeness (QED) is 0.164. The maximum absolute atomic E-state index is 9.77. The molecule has 0 aliphatic heterocycles. The summed E-state index contributed by atoms with van der Waals surface area (Å²) in [5.41, 5.74) is 0. The van der Waals surface area contributed by atoms with Gasteiger partial charge in [-0.2, -0.15) is 0 Å². The van der Waals surface area contributed by atoms with Gasteiger partial charge in [-0.15, -0.1) is 11.6 Å². The number of halogens is 1. The number of alkyl halides is 1. The minimum atomic E-state index is -0.226. The first-order valence-corrected chi connectivity index (χ1v) is 11.6. The number of aliphatic hydroxyl groups excluding tert-OH is 1. The van der Waals surface area contributed by atoms with E-state index >= 15 is 0 Å². The molecule has 0 fully saturated rings. The summed E-state index contributed by atoms with van der Waals surface area (Å²) in [6.07, 6.45) is 15.8. The zero-order valence-corrected chi connectivity index (χ0v) is 18.5. The van der Waals surface area contributed by atoms with Gasteiger partial charge in [0.15, 0.2) is 0 Å². The predicted octanol–water partition coefficient (Wildman–Crippen LogP) is 6.53. The van der Waals surface area contributed by atoms with Crippen LogP contribution in [0, 0.1) is 0 Å². The first-order chi connectivity index (χ1) is 12.0. The normalized spacial score (nSPS) is 14.6. The molecule has 0 heterocycles. The van der Waals surface area contributed by atoms with Gasteiger partial charge in [0, 0.05) is 11.8 Å². The third kappa shape index (κ3) is 14.0. The molecule has 0 aliphatic rings.